The number of hydrogen-bond acceptors (Lipinski definition) is 4. The van der Waals surface area contributed by atoms with Crippen LogP contribution in [0.2, 0.25) is 0 Å². The zero-order valence-electron chi connectivity index (χ0n) is 14.1. The predicted molar refractivity (Wildman–Crippen MR) is 93.7 cm³/mol. The van der Waals surface area contributed by atoms with Crippen molar-refractivity contribution in [2.75, 3.05) is 40.4 Å². The third-order valence-electron chi connectivity index (χ3n) is 4.02. The van der Waals surface area contributed by atoms with Crippen LogP contribution < -0.4 is 14.8 Å². The van der Waals surface area contributed by atoms with Gasteiger partial charge in [0.05, 0.1) is 20.1 Å². The highest BCUT2D eigenvalue weighted by Crippen LogP contribution is 2.27. The molecule has 1 aromatic rings. The number of aryl methyl sites for hydroxylation is 1. The summed E-state index contributed by atoms with van der Waals surface area (Å²) in [6.45, 7) is 5.07. The van der Waals surface area contributed by atoms with Gasteiger partial charge in [-0.2, -0.15) is 0 Å². The van der Waals surface area contributed by atoms with E-state index in [1.807, 2.05) is 37.1 Å². The molecule has 5 nitrogen and oxygen atoms in total. The Kier molecular flexibility index (Phi) is 8.20. The van der Waals surface area contributed by atoms with Gasteiger partial charge in [0.15, 0.2) is 11.5 Å². The number of amides is 1. The fraction of sp³-hybridized carbons (Fsp3) is 0.588. The second-order valence-corrected chi connectivity index (χ2v) is 5.80. The molecule has 2 rings (SSSR count). The van der Waals surface area contributed by atoms with E-state index < -0.39 is 0 Å². The maximum Gasteiger partial charge on any atom is 0.226 e. The van der Waals surface area contributed by atoms with Crippen molar-refractivity contribution in [2.24, 2.45) is 5.92 Å². The molecular formula is C17H27ClN2O3. The van der Waals surface area contributed by atoms with Gasteiger partial charge in [0.2, 0.25) is 5.91 Å². The fourth-order valence-electron chi connectivity index (χ4n) is 2.81. The van der Waals surface area contributed by atoms with E-state index in [-0.39, 0.29) is 18.3 Å². The zero-order valence-corrected chi connectivity index (χ0v) is 14.9. The molecule has 0 spiro atoms. The standard InChI is InChI=1S/C17H26N2O3.ClH/c1-13-4-5-15(16(10-13)21-3)22-9-7-17(20)19-8-6-14(12-19)11-18-2;/h4-5,10,14,18H,6-9,11-12H2,1-3H3;1H. The summed E-state index contributed by atoms with van der Waals surface area (Å²) in [4.78, 5) is 14.1. The minimum Gasteiger partial charge on any atom is -0.493 e. The maximum atomic E-state index is 12.2. The van der Waals surface area contributed by atoms with Crippen molar-refractivity contribution in [2.45, 2.75) is 19.8 Å². The molecule has 0 aromatic heterocycles. The molecule has 1 saturated heterocycles. The molecule has 0 bridgehead atoms. The van der Waals surface area contributed by atoms with Crippen molar-refractivity contribution >= 4 is 18.3 Å². The molecule has 1 N–H and O–H groups in total. The number of likely N-dealkylation sites (tertiary alicyclic amines) is 1. The van der Waals surface area contributed by atoms with Crippen LogP contribution in [0.15, 0.2) is 18.2 Å². The summed E-state index contributed by atoms with van der Waals surface area (Å²) in [6, 6.07) is 5.79. The van der Waals surface area contributed by atoms with Gasteiger partial charge >= 0.3 is 0 Å². The van der Waals surface area contributed by atoms with Crippen molar-refractivity contribution in [3.63, 3.8) is 0 Å². The molecule has 23 heavy (non-hydrogen) atoms. The van der Waals surface area contributed by atoms with E-state index in [0.29, 0.717) is 30.4 Å². The van der Waals surface area contributed by atoms with E-state index in [2.05, 4.69) is 5.32 Å². The molecule has 1 amide bonds. The van der Waals surface area contributed by atoms with Crippen molar-refractivity contribution in [1.29, 1.82) is 0 Å². The Labute approximate surface area is 144 Å². The summed E-state index contributed by atoms with van der Waals surface area (Å²) >= 11 is 0. The molecule has 1 aliphatic heterocycles. The monoisotopic (exact) mass is 342 g/mol. The highest BCUT2D eigenvalue weighted by atomic mass is 35.5. The van der Waals surface area contributed by atoms with Crippen LogP contribution in [-0.2, 0) is 4.79 Å². The number of methoxy groups -OCH3 is 1. The lowest BCUT2D eigenvalue weighted by atomic mass is 10.1. The number of nitrogens with one attached hydrogen (secondary N) is 1. The summed E-state index contributed by atoms with van der Waals surface area (Å²) in [5.74, 6) is 2.15. The Morgan fingerprint density at radius 3 is 2.87 bits per heavy atom. The summed E-state index contributed by atoms with van der Waals surface area (Å²) in [6.07, 6.45) is 1.49. The first-order valence-corrected chi connectivity index (χ1v) is 7.84. The second kappa shape index (κ2) is 9.63. The van der Waals surface area contributed by atoms with Gasteiger partial charge in [0.1, 0.15) is 0 Å². The van der Waals surface area contributed by atoms with Crippen LogP contribution >= 0.6 is 12.4 Å². The average molecular weight is 343 g/mol. The van der Waals surface area contributed by atoms with Crippen LogP contribution in [0.25, 0.3) is 0 Å². The summed E-state index contributed by atoms with van der Waals surface area (Å²) in [7, 11) is 3.58. The van der Waals surface area contributed by atoms with E-state index in [0.717, 1.165) is 31.6 Å². The normalized spacial score (nSPS) is 16.8. The summed E-state index contributed by atoms with van der Waals surface area (Å²) in [5.41, 5.74) is 1.12. The first-order valence-electron chi connectivity index (χ1n) is 7.84. The first kappa shape index (κ1) is 19.6. The van der Waals surface area contributed by atoms with Crippen molar-refractivity contribution in [1.82, 2.24) is 10.2 Å². The fourth-order valence-corrected chi connectivity index (χ4v) is 2.81. The minimum absolute atomic E-state index is 0. The van der Waals surface area contributed by atoms with Gasteiger partial charge in [0, 0.05) is 13.1 Å². The minimum atomic E-state index is 0. The number of carbonyl (C=O) groups excluding carboxylic acids is 1. The largest absolute Gasteiger partial charge is 0.493 e. The summed E-state index contributed by atoms with van der Waals surface area (Å²) < 4.78 is 11.0. The van der Waals surface area contributed by atoms with Gasteiger partial charge < -0.3 is 19.7 Å². The van der Waals surface area contributed by atoms with Crippen LogP contribution in [0, 0.1) is 12.8 Å². The second-order valence-electron chi connectivity index (χ2n) is 5.80. The number of hydrogen-bond donors (Lipinski definition) is 1. The van der Waals surface area contributed by atoms with Crippen molar-refractivity contribution in [3.8, 4) is 11.5 Å². The van der Waals surface area contributed by atoms with Crippen LogP contribution in [-0.4, -0.2) is 51.2 Å². The van der Waals surface area contributed by atoms with Gasteiger partial charge in [-0.05, 0) is 50.6 Å². The van der Waals surface area contributed by atoms with E-state index >= 15 is 0 Å². The molecule has 1 aromatic carbocycles. The topological polar surface area (TPSA) is 50.8 Å². The van der Waals surface area contributed by atoms with Gasteiger partial charge in [0.25, 0.3) is 0 Å². The molecule has 6 heteroatoms. The molecule has 0 radical (unpaired) electrons. The number of rotatable bonds is 7. The van der Waals surface area contributed by atoms with Crippen LogP contribution in [0.3, 0.4) is 0 Å². The average Bonchev–Trinajstić information content (AvgIpc) is 2.97. The Bertz CT molecular complexity index is 511. The first-order chi connectivity index (χ1) is 10.6. The number of ether oxygens (including phenoxy) is 2. The highest BCUT2D eigenvalue weighted by Gasteiger charge is 2.25. The van der Waals surface area contributed by atoms with Crippen LogP contribution in [0.5, 0.6) is 11.5 Å². The molecule has 1 atom stereocenters. The molecule has 130 valence electrons. The molecule has 1 heterocycles. The van der Waals surface area contributed by atoms with E-state index in [4.69, 9.17) is 9.47 Å². The van der Waals surface area contributed by atoms with Gasteiger partial charge in [-0.15, -0.1) is 12.4 Å². The predicted octanol–water partition coefficient (Wildman–Crippen LogP) is 2.26. The Balaban J connectivity index is 0.00000264. The third kappa shape index (κ3) is 5.59. The van der Waals surface area contributed by atoms with E-state index in [9.17, 15) is 4.79 Å². The molecule has 1 aliphatic rings. The zero-order chi connectivity index (χ0) is 15.9. The maximum absolute atomic E-state index is 12.2. The van der Waals surface area contributed by atoms with Crippen LogP contribution in [0.1, 0.15) is 18.4 Å². The lowest BCUT2D eigenvalue weighted by Gasteiger charge is -2.17. The smallest absolute Gasteiger partial charge is 0.226 e. The van der Waals surface area contributed by atoms with Crippen LogP contribution in [0.4, 0.5) is 0 Å². The molecule has 1 fully saturated rings. The lowest BCUT2D eigenvalue weighted by molar-refractivity contribution is -0.130. The summed E-state index contributed by atoms with van der Waals surface area (Å²) in [5, 5.41) is 3.17. The highest BCUT2D eigenvalue weighted by molar-refractivity contribution is 5.85. The van der Waals surface area contributed by atoms with Crippen molar-refractivity contribution < 1.29 is 14.3 Å². The SMILES string of the molecule is CNCC1CCN(C(=O)CCOc2ccc(C)cc2OC)C1.Cl. The van der Waals surface area contributed by atoms with Gasteiger partial charge in [-0.3, -0.25) is 4.79 Å². The molecule has 0 saturated carbocycles. The Hall–Kier alpha value is -1.46. The Morgan fingerprint density at radius 1 is 1.39 bits per heavy atom. The number of benzene rings is 1. The van der Waals surface area contributed by atoms with Gasteiger partial charge in [-0.1, -0.05) is 6.07 Å². The quantitative estimate of drug-likeness (QED) is 0.825. The van der Waals surface area contributed by atoms with E-state index in [1.165, 1.54) is 0 Å². The number of halogens is 1. The van der Waals surface area contributed by atoms with E-state index in [1.54, 1.807) is 7.11 Å². The number of nitrogens with zero attached hydrogens (tertiary/aromatic N) is 1. The third-order valence-corrected chi connectivity index (χ3v) is 4.02. The number of carbonyl (C=O) groups is 1. The molecular weight excluding hydrogens is 316 g/mol. The van der Waals surface area contributed by atoms with Gasteiger partial charge in [-0.25, -0.2) is 0 Å². The molecule has 1 unspecified atom stereocenters. The lowest BCUT2D eigenvalue weighted by Crippen LogP contribution is -2.31. The van der Waals surface area contributed by atoms with Crippen molar-refractivity contribution in [3.05, 3.63) is 23.8 Å². The molecule has 0 aliphatic carbocycles. The Morgan fingerprint density at radius 2 is 2.17 bits per heavy atom.